The molecule has 0 bridgehead atoms. The molecule has 214 valence electrons. The molecule has 1 aromatic rings. The Balaban J connectivity index is 1.43. The molecule has 0 aromatic heterocycles. The van der Waals surface area contributed by atoms with Gasteiger partial charge in [-0.25, -0.2) is 9.59 Å². The highest BCUT2D eigenvalue weighted by atomic mass is 16.7. The summed E-state index contributed by atoms with van der Waals surface area (Å²) in [5, 5.41) is 9.00. The predicted octanol–water partition coefficient (Wildman–Crippen LogP) is 1.07. The van der Waals surface area contributed by atoms with E-state index in [2.05, 4.69) is 20.7 Å². The van der Waals surface area contributed by atoms with Gasteiger partial charge in [0.2, 0.25) is 5.91 Å². The maximum atomic E-state index is 12.9. The van der Waals surface area contributed by atoms with E-state index in [9.17, 15) is 19.2 Å². The number of likely N-dealkylation sites (N-methyl/N-ethyl adjacent to an activating group) is 1. The first kappa shape index (κ1) is 29.7. The zero-order chi connectivity index (χ0) is 28.6. The number of amides is 4. The van der Waals surface area contributed by atoms with Crippen LogP contribution in [-0.2, 0) is 19.2 Å². The fourth-order valence-electron chi connectivity index (χ4n) is 3.93. The summed E-state index contributed by atoms with van der Waals surface area (Å²) in [6.07, 6.45) is -0.0661. The van der Waals surface area contributed by atoms with Crippen molar-refractivity contribution in [2.75, 3.05) is 57.8 Å². The lowest BCUT2D eigenvalue weighted by Crippen LogP contribution is -2.47. The molecule has 2 fully saturated rings. The summed E-state index contributed by atoms with van der Waals surface area (Å²) in [5.74, 6) is -0.601. The van der Waals surface area contributed by atoms with Gasteiger partial charge in [0.1, 0.15) is 6.04 Å². The molecule has 13 heteroatoms. The molecule has 2 aliphatic rings. The number of ether oxygens (including phenoxy) is 1. The predicted molar refractivity (Wildman–Crippen MR) is 145 cm³/mol. The molecule has 1 atom stereocenters. The van der Waals surface area contributed by atoms with Gasteiger partial charge in [-0.2, -0.15) is 0 Å². The second-order valence-corrected chi connectivity index (χ2v) is 10.9. The second kappa shape index (κ2) is 13.3. The third-order valence-corrected chi connectivity index (χ3v) is 6.25. The molecule has 0 aliphatic carbocycles. The van der Waals surface area contributed by atoms with Gasteiger partial charge in [-0.15, -0.1) is 0 Å². The van der Waals surface area contributed by atoms with Crippen molar-refractivity contribution in [2.24, 2.45) is 16.3 Å². The Morgan fingerprint density at radius 2 is 1.74 bits per heavy atom. The summed E-state index contributed by atoms with van der Waals surface area (Å²) in [7, 11) is 1.99. The van der Waals surface area contributed by atoms with Gasteiger partial charge in [-0.3, -0.25) is 14.4 Å². The van der Waals surface area contributed by atoms with Crippen LogP contribution in [0.3, 0.4) is 0 Å². The van der Waals surface area contributed by atoms with Gasteiger partial charge in [-0.05, 0) is 43.1 Å². The third-order valence-electron chi connectivity index (χ3n) is 6.25. The molecule has 1 aromatic carbocycles. The summed E-state index contributed by atoms with van der Waals surface area (Å²) in [6, 6.07) is 5.57. The molecule has 13 nitrogen and oxygen atoms in total. The van der Waals surface area contributed by atoms with E-state index in [4.69, 9.17) is 15.3 Å². The van der Waals surface area contributed by atoms with Gasteiger partial charge in [0, 0.05) is 50.5 Å². The number of piperazine rings is 1. The van der Waals surface area contributed by atoms with E-state index in [1.807, 2.05) is 27.8 Å². The maximum Gasteiger partial charge on any atom is 0.436 e. The zero-order valence-electron chi connectivity index (χ0n) is 23.1. The number of hydrogen-bond acceptors (Lipinski definition) is 8. The molecule has 3 rings (SSSR count). The van der Waals surface area contributed by atoms with Crippen molar-refractivity contribution in [2.45, 2.75) is 39.7 Å². The van der Waals surface area contributed by atoms with E-state index in [1.54, 1.807) is 34.1 Å². The standard InChI is InChI=1S/C26H39N7O6/c1-26(2,3)17-38-21(34)9-11-28-24(36)29-20-10-12-33(23(20)35)19-7-5-18(6-8-19)22(27)30-39-25(37)32-15-13-31(4)14-16-32/h5-8,20H,9-17H2,1-4H3,(H2,27,30)(H2,28,29,36)/t20-/m0/s1. The highest BCUT2D eigenvalue weighted by Crippen LogP contribution is 2.22. The van der Waals surface area contributed by atoms with Crippen molar-refractivity contribution in [3.05, 3.63) is 29.8 Å². The molecule has 2 heterocycles. The number of carbonyl (C=O) groups is 4. The number of urea groups is 1. The second-order valence-electron chi connectivity index (χ2n) is 10.9. The van der Waals surface area contributed by atoms with Crippen molar-refractivity contribution < 1.29 is 28.8 Å². The van der Waals surface area contributed by atoms with Crippen LogP contribution in [0, 0.1) is 5.41 Å². The number of amidine groups is 1. The normalized spacial score (nSPS) is 18.6. The first-order chi connectivity index (χ1) is 18.4. The van der Waals surface area contributed by atoms with E-state index in [0.29, 0.717) is 43.9 Å². The van der Waals surface area contributed by atoms with Crippen LogP contribution < -0.4 is 21.3 Å². The highest BCUT2D eigenvalue weighted by molar-refractivity contribution is 6.02. The van der Waals surface area contributed by atoms with E-state index in [1.165, 1.54) is 0 Å². The van der Waals surface area contributed by atoms with Crippen molar-refractivity contribution in [1.29, 1.82) is 0 Å². The molecule has 4 N–H and O–H groups in total. The Bertz CT molecular complexity index is 1060. The van der Waals surface area contributed by atoms with Crippen molar-refractivity contribution in [1.82, 2.24) is 20.4 Å². The number of anilines is 1. The third kappa shape index (κ3) is 9.13. The Hall–Kier alpha value is -3.87. The number of benzene rings is 1. The van der Waals surface area contributed by atoms with Crippen LogP contribution in [0.4, 0.5) is 15.3 Å². The average Bonchev–Trinajstić information content (AvgIpc) is 3.25. The number of hydrogen-bond donors (Lipinski definition) is 3. The molecule has 39 heavy (non-hydrogen) atoms. The molecule has 0 unspecified atom stereocenters. The Kier molecular flexibility index (Phi) is 10.1. The highest BCUT2D eigenvalue weighted by Gasteiger charge is 2.33. The minimum Gasteiger partial charge on any atom is -0.465 e. The summed E-state index contributed by atoms with van der Waals surface area (Å²) >= 11 is 0. The Labute approximate surface area is 228 Å². The SMILES string of the molecule is CN1CCN(C(=O)ON=C(N)c2ccc(N3CC[C@H](NC(=O)NCCC(=O)OCC(C)(C)C)C3=O)cc2)CC1. The van der Waals surface area contributed by atoms with Gasteiger partial charge in [0.05, 0.1) is 13.0 Å². The number of nitrogens with one attached hydrogen (secondary N) is 2. The maximum absolute atomic E-state index is 12.9. The summed E-state index contributed by atoms with van der Waals surface area (Å²) in [6.45, 7) is 9.36. The van der Waals surface area contributed by atoms with Gasteiger partial charge >= 0.3 is 18.1 Å². The van der Waals surface area contributed by atoms with E-state index in [-0.39, 0.29) is 30.1 Å². The van der Waals surface area contributed by atoms with E-state index < -0.39 is 24.1 Å². The number of rotatable bonds is 8. The van der Waals surface area contributed by atoms with Crippen LogP contribution in [0.1, 0.15) is 39.2 Å². The van der Waals surface area contributed by atoms with Crippen molar-refractivity contribution in [3.63, 3.8) is 0 Å². The van der Waals surface area contributed by atoms with Gasteiger partial charge in [0.15, 0.2) is 5.84 Å². The molecule has 2 aliphatic heterocycles. The molecule has 4 amide bonds. The fraction of sp³-hybridized carbons (Fsp3) is 0.577. The lowest BCUT2D eigenvalue weighted by Gasteiger charge is -2.30. The lowest BCUT2D eigenvalue weighted by molar-refractivity contribution is -0.146. The number of carbonyl (C=O) groups excluding carboxylic acids is 4. The zero-order valence-corrected chi connectivity index (χ0v) is 23.1. The van der Waals surface area contributed by atoms with E-state index in [0.717, 1.165) is 13.1 Å². The first-order valence-electron chi connectivity index (χ1n) is 13.0. The minimum atomic E-state index is -0.682. The van der Waals surface area contributed by atoms with Crippen molar-refractivity contribution in [3.8, 4) is 0 Å². The monoisotopic (exact) mass is 545 g/mol. The first-order valence-corrected chi connectivity index (χ1v) is 13.0. The number of nitrogens with zero attached hydrogens (tertiary/aromatic N) is 4. The average molecular weight is 546 g/mol. The molecule has 0 spiro atoms. The Morgan fingerprint density at radius 3 is 2.38 bits per heavy atom. The van der Waals surface area contributed by atoms with E-state index >= 15 is 0 Å². The van der Waals surface area contributed by atoms with Crippen LogP contribution in [0.2, 0.25) is 0 Å². The summed E-state index contributed by atoms with van der Waals surface area (Å²) in [5.41, 5.74) is 7.02. The number of oxime groups is 1. The van der Waals surface area contributed by atoms with Crippen LogP contribution >= 0.6 is 0 Å². The molecule has 0 radical (unpaired) electrons. The van der Waals surface area contributed by atoms with Gasteiger partial charge < -0.3 is 35.8 Å². The summed E-state index contributed by atoms with van der Waals surface area (Å²) in [4.78, 5) is 59.3. The number of nitrogens with two attached hydrogens (primary N) is 1. The molecule has 2 saturated heterocycles. The molecule has 0 saturated carbocycles. The summed E-state index contributed by atoms with van der Waals surface area (Å²) < 4.78 is 5.17. The van der Waals surface area contributed by atoms with Crippen LogP contribution in [0.5, 0.6) is 0 Å². The largest absolute Gasteiger partial charge is 0.465 e. The van der Waals surface area contributed by atoms with Gasteiger partial charge in [-0.1, -0.05) is 25.9 Å². The fourth-order valence-corrected chi connectivity index (χ4v) is 3.93. The number of esters is 1. The quantitative estimate of drug-likeness (QED) is 0.144. The Morgan fingerprint density at radius 1 is 1.08 bits per heavy atom. The van der Waals surface area contributed by atoms with Gasteiger partial charge in [0.25, 0.3) is 0 Å². The smallest absolute Gasteiger partial charge is 0.436 e. The minimum absolute atomic E-state index is 0.0373. The topological polar surface area (TPSA) is 159 Å². The molecular weight excluding hydrogens is 506 g/mol. The van der Waals surface area contributed by atoms with Crippen LogP contribution in [-0.4, -0.2) is 98.6 Å². The lowest BCUT2D eigenvalue weighted by atomic mass is 9.99. The molecular formula is C26H39N7O6. The van der Waals surface area contributed by atoms with Crippen molar-refractivity contribution >= 4 is 35.5 Å². The van der Waals surface area contributed by atoms with Crippen LogP contribution in [0.25, 0.3) is 0 Å². The van der Waals surface area contributed by atoms with Crippen LogP contribution in [0.15, 0.2) is 29.4 Å².